The van der Waals surface area contributed by atoms with Gasteiger partial charge in [-0.1, -0.05) is 18.2 Å². The summed E-state index contributed by atoms with van der Waals surface area (Å²) in [4.78, 5) is 28.7. The van der Waals surface area contributed by atoms with Crippen LogP contribution in [0.15, 0.2) is 56.8 Å². The molecule has 3 heterocycles. The number of sulfone groups is 1. The zero-order valence-corrected chi connectivity index (χ0v) is 17.0. The van der Waals surface area contributed by atoms with Gasteiger partial charge in [-0.25, -0.2) is 8.42 Å². The van der Waals surface area contributed by atoms with E-state index in [1.54, 1.807) is 30.1 Å². The molecule has 0 atom stereocenters. The Labute approximate surface area is 167 Å². The van der Waals surface area contributed by atoms with E-state index in [0.717, 1.165) is 6.26 Å². The van der Waals surface area contributed by atoms with Crippen molar-refractivity contribution in [2.45, 2.75) is 4.90 Å². The molecule has 1 aliphatic heterocycles. The van der Waals surface area contributed by atoms with E-state index in [1.807, 2.05) is 23.1 Å². The number of amides is 1. The molecule has 0 N–H and O–H groups in total. The Kier molecular flexibility index (Phi) is 4.70. The fourth-order valence-electron chi connectivity index (χ4n) is 3.79. The first-order valence-electron chi connectivity index (χ1n) is 9.18. The fourth-order valence-corrected chi connectivity index (χ4v) is 4.83. The largest absolute Gasteiger partial charge is 0.459 e. The van der Waals surface area contributed by atoms with Gasteiger partial charge in [0.25, 0.3) is 11.5 Å². The first-order valence-corrected chi connectivity index (χ1v) is 11.1. The molecule has 152 valence electrons. The predicted molar refractivity (Wildman–Crippen MR) is 109 cm³/mol. The van der Waals surface area contributed by atoms with Crippen LogP contribution in [0.4, 0.5) is 5.69 Å². The Bertz CT molecular complexity index is 1240. The minimum Gasteiger partial charge on any atom is -0.459 e. The third kappa shape index (κ3) is 3.31. The zero-order chi connectivity index (χ0) is 20.8. The Morgan fingerprint density at radius 2 is 1.72 bits per heavy atom. The number of hydrogen-bond acceptors (Lipinski definition) is 6. The SMILES string of the molecule is Cn1c(=O)c(S(C)(=O)=O)c(N2CCN(C(=O)c3ccco3)CC2)c2ccccc21. The maximum Gasteiger partial charge on any atom is 0.289 e. The van der Waals surface area contributed by atoms with Crippen LogP contribution in [0.2, 0.25) is 0 Å². The summed E-state index contributed by atoms with van der Waals surface area (Å²) in [6, 6.07) is 10.5. The van der Waals surface area contributed by atoms with E-state index in [1.165, 1.54) is 10.8 Å². The Hall–Kier alpha value is -3.07. The van der Waals surface area contributed by atoms with Crippen molar-refractivity contribution in [1.29, 1.82) is 0 Å². The standard InChI is InChI=1S/C20H21N3O5S/c1-21-15-7-4-3-6-14(15)17(18(20(21)25)29(2,26)27)22-9-11-23(12-10-22)19(24)16-8-5-13-28-16/h3-8,13H,9-12H2,1-2H3. The number of pyridine rings is 1. The summed E-state index contributed by atoms with van der Waals surface area (Å²) in [5, 5.41) is 0.695. The number of carbonyl (C=O) groups is 1. The van der Waals surface area contributed by atoms with Crippen LogP contribution in [0.3, 0.4) is 0 Å². The van der Waals surface area contributed by atoms with Gasteiger partial charge in [0.15, 0.2) is 20.5 Å². The van der Waals surface area contributed by atoms with Crippen LogP contribution in [0.5, 0.6) is 0 Å². The van der Waals surface area contributed by atoms with Gasteiger partial charge < -0.3 is 18.8 Å². The lowest BCUT2D eigenvalue weighted by Gasteiger charge is -2.37. The highest BCUT2D eigenvalue weighted by Gasteiger charge is 2.30. The van der Waals surface area contributed by atoms with Crippen LogP contribution in [-0.4, -0.2) is 56.2 Å². The summed E-state index contributed by atoms with van der Waals surface area (Å²) in [7, 11) is -2.19. The van der Waals surface area contributed by atoms with Crippen LogP contribution in [0.25, 0.3) is 10.9 Å². The van der Waals surface area contributed by atoms with Crippen molar-refractivity contribution in [3.05, 3.63) is 58.8 Å². The van der Waals surface area contributed by atoms with Gasteiger partial charge in [0, 0.05) is 44.9 Å². The van der Waals surface area contributed by atoms with Crippen molar-refractivity contribution in [2.75, 3.05) is 37.3 Å². The first-order chi connectivity index (χ1) is 13.8. The van der Waals surface area contributed by atoms with E-state index in [4.69, 9.17) is 4.42 Å². The molecule has 0 radical (unpaired) electrons. The third-order valence-electron chi connectivity index (χ3n) is 5.22. The molecule has 1 aliphatic rings. The Balaban J connectivity index is 1.76. The summed E-state index contributed by atoms with van der Waals surface area (Å²) >= 11 is 0. The van der Waals surface area contributed by atoms with Gasteiger partial charge in [-0.3, -0.25) is 9.59 Å². The number of aryl methyl sites for hydroxylation is 1. The van der Waals surface area contributed by atoms with E-state index in [0.29, 0.717) is 42.8 Å². The average molecular weight is 415 g/mol. The Morgan fingerprint density at radius 3 is 2.34 bits per heavy atom. The van der Waals surface area contributed by atoms with E-state index in [9.17, 15) is 18.0 Å². The molecule has 8 nitrogen and oxygen atoms in total. The van der Waals surface area contributed by atoms with Crippen LogP contribution in [-0.2, 0) is 16.9 Å². The third-order valence-corrected chi connectivity index (χ3v) is 6.33. The number of benzene rings is 1. The van der Waals surface area contributed by atoms with Crippen molar-refractivity contribution in [1.82, 2.24) is 9.47 Å². The number of carbonyl (C=O) groups excluding carboxylic acids is 1. The minimum atomic E-state index is -3.76. The number of furan rings is 1. The molecule has 1 aromatic carbocycles. The van der Waals surface area contributed by atoms with Crippen LogP contribution in [0.1, 0.15) is 10.6 Å². The molecule has 0 bridgehead atoms. The van der Waals surface area contributed by atoms with Crippen LogP contribution in [0, 0.1) is 0 Å². The topological polar surface area (TPSA) is 92.8 Å². The molecule has 0 aliphatic carbocycles. The van der Waals surface area contributed by atoms with Crippen molar-refractivity contribution < 1.29 is 17.6 Å². The monoisotopic (exact) mass is 415 g/mol. The lowest BCUT2D eigenvalue weighted by atomic mass is 10.1. The minimum absolute atomic E-state index is 0.202. The first kappa shape index (κ1) is 19.3. The zero-order valence-electron chi connectivity index (χ0n) is 16.2. The van der Waals surface area contributed by atoms with E-state index in [-0.39, 0.29) is 16.6 Å². The number of fused-ring (bicyclic) bond motifs is 1. The maximum atomic E-state index is 12.9. The highest BCUT2D eigenvalue weighted by Crippen LogP contribution is 2.32. The number of rotatable bonds is 3. The predicted octanol–water partition coefficient (Wildman–Crippen LogP) is 1.50. The average Bonchev–Trinajstić information content (AvgIpc) is 3.24. The van der Waals surface area contributed by atoms with Gasteiger partial charge in [0.1, 0.15) is 0 Å². The van der Waals surface area contributed by atoms with Crippen molar-refractivity contribution in [3.8, 4) is 0 Å². The van der Waals surface area contributed by atoms with Gasteiger partial charge in [0.2, 0.25) is 0 Å². The molecule has 1 fully saturated rings. The summed E-state index contributed by atoms with van der Waals surface area (Å²) < 4.78 is 31.6. The molecule has 1 amide bonds. The molecular weight excluding hydrogens is 394 g/mol. The van der Waals surface area contributed by atoms with E-state index < -0.39 is 15.4 Å². The van der Waals surface area contributed by atoms with Crippen molar-refractivity contribution >= 4 is 32.3 Å². The smallest absolute Gasteiger partial charge is 0.289 e. The molecule has 4 rings (SSSR count). The second-order valence-corrected chi connectivity index (χ2v) is 9.04. The second kappa shape index (κ2) is 7.07. The van der Waals surface area contributed by atoms with Crippen molar-refractivity contribution in [2.24, 2.45) is 7.05 Å². The van der Waals surface area contributed by atoms with Gasteiger partial charge in [-0.2, -0.15) is 0 Å². The van der Waals surface area contributed by atoms with E-state index >= 15 is 0 Å². The molecule has 0 unspecified atom stereocenters. The number of hydrogen-bond donors (Lipinski definition) is 0. The fraction of sp³-hybridized carbons (Fsp3) is 0.300. The molecule has 0 saturated carbocycles. The highest BCUT2D eigenvalue weighted by molar-refractivity contribution is 7.90. The number of para-hydroxylation sites is 1. The molecule has 3 aromatic rings. The van der Waals surface area contributed by atoms with Gasteiger partial charge in [-0.15, -0.1) is 0 Å². The summed E-state index contributed by atoms with van der Waals surface area (Å²) in [5.41, 5.74) is 0.528. The quantitative estimate of drug-likeness (QED) is 0.644. The molecule has 2 aromatic heterocycles. The second-order valence-electron chi connectivity index (χ2n) is 7.09. The van der Waals surface area contributed by atoms with Crippen LogP contribution >= 0.6 is 0 Å². The summed E-state index contributed by atoms with van der Waals surface area (Å²) in [6.45, 7) is 1.61. The lowest BCUT2D eigenvalue weighted by molar-refractivity contribution is 0.0714. The van der Waals surface area contributed by atoms with Gasteiger partial charge >= 0.3 is 0 Å². The highest BCUT2D eigenvalue weighted by atomic mass is 32.2. The number of piperazine rings is 1. The molecule has 9 heteroatoms. The van der Waals surface area contributed by atoms with E-state index in [2.05, 4.69) is 0 Å². The summed E-state index contributed by atoms with van der Waals surface area (Å²) in [5.74, 6) is 0.0705. The molecular formula is C20H21N3O5S. The maximum absolute atomic E-state index is 12.9. The van der Waals surface area contributed by atoms with Gasteiger partial charge in [0.05, 0.1) is 17.5 Å². The summed E-state index contributed by atoms with van der Waals surface area (Å²) in [6.07, 6.45) is 2.51. The van der Waals surface area contributed by atoms with Crippen molar-refractivity contribution in [3.63, 3.8) is 0 Å². The lowest BCUT2D eigenvalue weighted by Crippen LogP contribution is -2.49. The normalized spacial score (nSPS) is 15.1. The molecule has 29 heavy (non-hydrogen) atoms. The Morgan fingerprint density at radius 1 is 1.03 bits per heavy atom. The number of anilines is 1. The molecule has 0 spiro atoms. The van der Waals surface area contributed by atoms with Gasteiger partial charge in [-0.05, 0) is 18.2 Å². The number of aromatic nitrogens is 1. The molecule has 1 saturated heterocycles. The number of nitrogens with zero attached hydrogens (tertiary/aromatic N) is 3. The van der Waals surface area contributed by atoms with Crippen LogP contribution < -0.4 is 10.5 Å².